The molecule has 190 valence electrons. The zero-order chi connectivity index (χ0) is 26.3. The number of fused-ring (bicyclic) bond motifs is 1. The Hall–Kier alpha value is -3.44. The number of hydrogen-bond donors (Lipinski definition) is 7. The molecule has 8 N–H and O–H groups in total. The van der Waals surface area contributed by atoms with E-state index >= 15 is 0 Å². The molecule has 2 heterocycles. The molecule has 0 radical (unpaired) electrons. The Morgan fingerprint density at radius 1 is 1.09 bits per heavy atom. The summed E-state index contributed by atoms with van der Waals surface area (Å²) in [5.74, 6) is -2.44. The first kappa shape index (κ1) is 27.8. The molecule has 0 saturated carbocycles. The molecule has 3 rings (SSSR count). The van der Waals surface area contributed by atoms with Crippen molar-refractivity contribution in [1.29, 1.82) is 0 Å². The number of aromatic amines is 1. The second-order valence-corrected chi connectivity index (χ2v) is 9.70. The van der Waals surface area contributed by atoms with Gasteiger partial charge in [0, 0.05) is 17.3 Å². The number of hydrogen-bond acceptors (Lipinski definition) is 6. The van der Waals surface area contributed by atoms with E-state index in [1.807, 2.05) is 13.8 Å². The van der Waals surface area contributed by atoms with E-state index in [1.165, 1.54) is 12.3 Å². The summed E-state index contributed by atoms with van der Waals surface area (Å²) in [6.45, 7) is 3.80. The molecule has 1 amide bonds. The van der Waals surface area contributed by atoms with Gasteiger partial charge in [-0.2, -0.15) is 0 Å². The number of carbonyl (C=O) groups is 3. The highest BCUT2D eigenvalue weighted by Crippen LogP contribution is 2.37. The number of carboxylic acids is 2. The van der Waals surface area contributed by atoms with Crippen LogP contribution in [-0.4, -0.2) is 54.9 Å². The fourth-order valence-corrected chi connectivity index (χ4v) is 4.11. The number of nitrogens with two attached hydrogens (primary N) is 1. The highest BCUT2D eigenvalue weighted by Gasteiger charge is 2.28. The van der Waals surface area contributed by atoms with Gasteiger partial charge in [0.05, 0.1) is 6.26 Å². The summed E-state index contributed by atoms with van der Waals surface area (Å²) >= 11 is 0. The SMILES string of the molecule is CC(C)C[C@H](NC(=O)c1ccco1)C(=O)O.N[C@@H](Cc1c(P(=O)(O)O)[nH]c2ccccc12)C(=O)O. The first-order chi connectivity index (χ1) is 16.3. The van der Waals surface area contributed by atoms with Crippen LogP contribution in [0.2, 0.25) is 0 Å². The van der Waals surface area contributed by atoms with Crippen LogP contribution in [0, 0.1) is 5.92 Å². The molecule has 35 heavy (non-hydrogen) atoms. The maximum Gasteiger partial charge on any atom is 0.372 e. The van der Waals surface area contributed by atoms with Crippen molar-refractivity contribution in [3.8, 4) is 0 Å². The minimum atomic E-state index is -4.52. The number of rotatable bonds is 9. The Kier molecular flexibility index (Phi) is 9.38. The first-order valence-electron chi connectivity index (χ1n) is 10.5. The van der Waals surface area contributed by atoms with Crippen LogP contribution in [0.25, 0.3) is 10.9 Å². The quantitative estimate of drug-likeness (QED) is 0.206. The van der Waals surface area contributed by atoms with E-state index in [4.69, 9.17) is 20.4 Å². The van der Waals surface area contributed by atoms with E-state index in [0.717, 1.165) is 0 Å². The lowest BCUT2D eigenvalue weighted by molar-refractivity contribution is -0.140. The minimum absolute atomic E-state index is 0.120. The predicted octanol–water partition coefficient (Wildman–Crippen LogP) is 1.43. The monoisotopic (exact) mass is 509 g/mol. The molecule has 0 fully saturated rings. The molecule has 12 nitrogen and oxygen atoms in total. The van der Waals surface area contributed by atoms with E-state index < -0.39 is 37.5 Å². The summed E-state index contributed by atoms with van der Waals surface area (Å²) < 4.78 is 16.3. The molecular weight excluding hydrogens is 481 g/mol. The van der Waals surface area contributed by atoms with Crippen molar-refractivity contribution in [3.63, 3.8) is 0 Å². The van der Waals surface area contributed by atoms with E-state index in [2.05, 4.69) is 10.3 Å². The highest BCUT2D eigenvalue weighted by molar-refractivity contribution is 7.60. The van der Waals surface area contributed by atoms with Crippen LogP contribution >= 0.6 is 7.60 Å². The summed E-state index contributed by atoms with van der Waals surface area (Å²) in [6, 6.07) is 7.70. The number of aromatic nitrogens is 1. The van der Waals surface area contributed by atoms with Crippen LogP contribution in [0.5, 0.6) is 0 Å². The van der Waals surface area contributed by atoms with Gasteiger partial charge in [0.25, 0.3) is 5.91 Å². The van der Waals surface area contributed by atoms with Crippen molar-refractivity contribution in [2.45, 2.75) is 38.8 Å². The molecule has 1 aromatic carbocycles. The van der Waals surface area contributed by atoms with E-state index in [1.54, 1.807) is 30.3 Å². The number of H-pyrrole nitrogens is 1. The van der Waals surface area contributed by atoms with Crippen molar-refractivity contribution in [1.82, 2.24) is 10.3 Å². The predicted molar refractivity (Wildman–Crippen MR) is 126 cm³/mol. The zero-order valence-corrected chi connectivity index (χ0v) is 19.9. The topological polar surface area (TPSA) is 216 Å². The zero-order valence-electron chi connectivity index (χ0n) is 19.0. The lowest BCUT2D eigenvalue weighted by atomic mass is 10.0. The van der Waals surface area contributed by atoms with Crippen LogP contribution in [0.1, 0.15) is 36.4 Å². The van der Waals surface area contributed by atoms with Crippen molar-refractivity contribution >= 4 is 41.8 Å². The van der Waals surface area contributed by atoms with Gasteiger partial charge in [-0.3, -0.25) is 14.2 Å². The maximum absolute atomic E-state index is 11.5. The second kappa shape index (κ2) is 11.8. The van der Waals surface area contributed by atoms with Gasteiger partial charge in [-0.1, -0.05) is 32.0 Å². The van der Waals surface area contributed by atoms with Crippen molar-refractivity contribution in [3.05, 3.63) is 54.0 Å². The van der Waals surface area contributed by atoms with Gasteiger partial charge in [-0.05, 0) is 36.1 Å². The Labute approximate surface area is 200 Å². The fraction of sp³-hybridized carbons (Fsp3) is 0.318. The molecule has 0 bridgehead atoms. The lowest BCUT2D eigenvalue weighted by Crippen LogP contribution is -2.41. The number of carboxylic acid groups (broad SMARTS) is 2. The molecule has 3 aromatic rings. The van der Waals surface area contributed by atoms with Crippen LogP contribution in [0.4, 0.5) is 0 Å². The third-order valence-corrected chi connectivity index (χ3v) is 5.84. The maximum atomic E-state index is 11.5. The number of amides is 1. The first-order valence-corrected chi connectivity index (χ1v) is 12.1. The van der Waals surface area contributed by atoms with Crippen molar-refractivity contribution in [2.75, 3.05) is 0 Å². The van der Waals surface area contributed by atoms with Gasteiger partial charge >= 0.3 is 19.5 Å². The highest BCUT2D eigenvalue weighted by atomic mass is 31.2. The number of furan rings is 1. The van der Waals surface area contributed by atoms with Crippen LogP contribution < -0.4 is 16.5 Å². The Bertz CT molecular complexity index is 1210. The normalized spacial score (nSPS) is 13.1. The number of nitrogens with one attached hydrogen (secondary N) is 2. The van der Waals surface area contributed by atoms with E-state index in [9.17, 15) is 28.7 Å². The van der Waals surface area contributed by atoms with Crippen LogP contribution in [0.15, 0.2) is 47.1 Å². The molecule has 0 aliphatic heterocycles. The average molecular weight is 509 g/mol. The molecule has 0 aliphatic carbocycles. The molecule has 0 unspecified atom stereocenters. The van der Waals surface area contributed by atoms with Gasteiger partial charge < -0.3 is 40.5 Å². The summed E-state index contributed by atoms with van der Waals surface area (Å²) in [4.78, 5) is 54.5. The summed E-state index contributed by atoms with van der Waals surface area (Å²) in [6.07, 6.45) is 1.61. The molecule has 13 heteroatoms. The summed E-state index contributed by atoms with van der Waals surface area (Å²) in [5, 5.41) is 20.7. The third-order valence-electron chi connectivity index (χ3n) is 4.88. The number of carbonyl (C=O) groups excluding carboxylic acids is 1. The Balaban J connectivity index is 0.000000251. The molecule has 0 aliphatic rings. The summed E-state index contributed by atoms with van der Waals surface area (Å²) in [7, 11) is -4.52. The largest absolute Gasteiger partial charge is 0.480 e. The molecule has 0 spiro atoms. The molecule has 2 atom stereocenters. The van der Waals surface area contributed by atoms with Gasteiger partial charge in [0.15, 0.2) is 5.76 Å². The number of aliphatic carboxylic acids is 2. The molecule has 0 saturated heterocycles. The summed E-state index contributed by atoms with van der Waals surface area (Å²) in [5.41, 5.74) is 5.96. The second-order valence-electron chi connectivity index (χ2n) is 8.16. The lowest BCUT2D eigenvalue weighted by Gasteiger charge is -2.15. The molecule has 2 aromatic heterocycles. The van der Waals surface area contributed by atoms with Crippen molar-refractivity contribution < 1.29 is 43.4 Å². The number of para-hydroxylation sites is 1. The fourth-order valence-electron chi connectivity index (χ4n) is 3.28. The average Bonchev–Trinajstić information content (AvgIpc) is 3.42. The van der Waals surface area contributed by atoms with Crippen LogP contribution in [-0.2, 0) is 20.6 Å². The number of benzene rings is 1. The van der Waals surface area contributed by atoms with Gasteiger partial charge in [-0.25, -0.2) is 4.79 Å². The molecular formula is C22H28N3O9P. The van der Waals surface area contributed by atoms with Crippen LogP contribution in [0.3, 0.4) is 0 Å². The standard InChI is InChI=1S/C11H13N2O5P.C11H15NO4/c12-8(11(14)15)5-7-6-3-1-2-4-9(6)13-10(7)19(16,17)18;1-7(2)6-8(11(14)15)12-10(13)9-4-3-5-16-9/h1-4,8,13H,5,12H2,(H,14,15)(H2,16,17,18);3-5,7-8H,6H2,1-2H3,(H,12,13)(H,14,15)/t2*8-/m00/s1. The van der Waals surface area contributed by atoms with Gasteiger partial charge in [-0.15, -0.1) is 0 Å². The van der Waals surface area contributed by atoms with E-state index in [-0.39, 0.29) is 29.1 Å². The van der Waals surface area contributed by atoms with Gasteiger partial charge in [0.2, 0.25) is 0 Å². The van der Waals surface area contributed by atoms with Crippen molar-refractivity contribution in [2.24, 2.45) is 11.7 Å². The van der Waals surface area contributed by atoms with E-state index in [0.29, 0.717) is 17.3 Å². The third kappa shape index (κ3) is 7.79. The van der Waals surface area contributed by atoms with Gasteiger partial charge in [0.1, 0.15) is 17.5 Å². The Morgan fingerprint density at radius 2 is 1.74 bits per heavy atom. The smallest absolute Gasteiger partial charge is 0.372 e. The Morgan fingerprint density at radius 3 is 2.26 bits per heavy atom. The minimum Gasteiger partial charge on any atom is -0.480 e.